The van der Waals surface area contributed by atoms with Gasteiger partial charge in [0, 0.05) is 27.5 Å². The van der Waals surface area contributed by atoms with Gasteiger partial charge in [0.15, 0.2) is 0 Å². The van der Waals surface area contributed by atoms with Crippen LogP contribution in [-0.4, -0.2) is 4.34 Å². The Morgan fingerprint density at radius 2 is 0.800 bits per heavy atom. The largest absolute Gasteiger partial charge is 0.317 e. The van der Waals surface area contributed by atoms with Crippen molar-refractivity contribution in [3.8, 4) is 0 Å². The van der Waals surface area contributed by atoms with E-state index in [0.717, 1.165) is 0 Å². The van der Waals surface area contributed by atoms with E-state index in [4.69, 9.17) is 0 Å². The van der Waals surface area contributed by atoms with Crippen LogP contribution < -0.4 is 26.5 Å². The molecule has 0 bridgehead atoms. The van der Waals surface area contributed by atoms with Gasteiger partial charge in [-0.1, -0.05) is 140 Å². The molecule has 0 aliphatic rings. The summed E-state index contributed by atoms with van der Waals surface area (Å²) < 4.78 is 2.55. The zero-order valence-electron chi connectivity index (χ0n) is 19.3. The normalized spacial score (nSPS) is 11.4. The molecule has 0 amide bonds. The maximum atomic E-state index is 2.55. The Balaban J connectivity index is 1.62. The van der Waals surface area contributed by atoms with E-state index in [2.05, 4.69) is 156 Å². The second-order valence-electron chi connectivity index (χ2n) is 8.37. The number of aromatic nitrogens is 1. The summed E-state index contributed by atoms with van der Waals surface area (Å²) in [4.78, 5) is 0. The van der Waals surface area contributed by atoms with Crippen LogP contribution in [0, 0.1) is 0 Å². The van der Waals surface area contributed by atoms with Crippen molar-refractivity contribution < 1.29 is 0 Å². The lowest BCUT2D eigenvalue weighted by Gasteiger charge is -2.21. The van der Waals surface area contributed by atoms with Crippen LogP contribution in [0.3, 0.4) is 0 Å². The van der Waals surface area contributed by atoms with Crippen molar-refractivity contribution in [2.45, 2.75) is 0 Å². The highest BCUT2D eigenvalue weighted by molar-refractivity contribution is 7.80. The van der Waals surface area contributed by atoms with Crippen molar-refractivity contribution in [3.05, 3.63) is 152 Å². The van der Waals surface area contributed by atoms with Crippen molar-refractivity contribution in [2.75, 3.05) is 0 Å². The van der Waals surface area contributed by atoms with Crippen LogP contribution >= 0.6 is 16.0 Å². The molecule has 0 spiro atoms. The van der Waals surface area contributed by atoms with E-state index in [1.165, 1.54) is 37.4 Å². The van der Waals surface area contributed by atoms with Crippen LogP contribution in [-0.2, 0) is 0 Å². The van der Waals surface area contributed by atoms with Gasteiger partial charge in [0.25, 0.3) is 0 Å². The summed E-state index contributed by atoms with van der Waals surface area (Å²) in [5.41, 5.74) is 1.29. The number of fused-ring (bicyclic) bond motifs is 1. The van der Waals surface area contributed by atoms with Crippen LogP contribution in [0.25, 0.3) is 10.9 Å². The van der Waals surface area contributed by atoms with Gasteiger partial charge >= 0.3 is 0 Å². The van der Waals surface area contributed by atoms with Crippen molar-refractivity contribution in [1.82, 2.24) is 4.34 Å². The molecule has 168 valence electrons. The van der Waals surface area contributed by atoms with E-state index in [-0.39, 0.29) is 0 Å². The summed E-state index contributed by atoms with van der Waals surface area (Å²) in [6.45, 7) is 0. The fourth-order valence-corrected chi connectivity index (χ4v) is 9.48. The van der Waals surface area contributed by atoms with Crippen LogP contribution in [0.1, 0.15) is 0 Å². The maximum absolute atomic E-state index is 2.55. The smallest absolute Gasteiger partial charge is 0.0593 e. The molecule has 0 N–H and O–H groups in total. The maximum Gasteiger partial charge on any atom is 0.0593 e. The summed E-state index contributed by atoms with van der Waals surface area (Å²) in [7, 11) is -1.46. The molecule has 0 fully saturated rings. The van der Waals surface area contributed by atoms with Crippen LogP contribution in [0.4, 0.5) is 0 Å². The van der Waals surface area contributed by atoms with E-state index >= 15 is 0 Å². The summed E-state index contributed by atoms with van der Waals surface area (Å²) >= 11 is 0. The second kappa shape index (κ2) is 10.0. The standard InChI is InChI=1S/C32H25NP2/c1-5-15-26(16-6-1)34(27-17-7-2-8-18-27)32-25-33(31-24-14-13-23-30(31)32)35(28-19-9-3-10-20-28)29-21-11-4-12-22-29/h1-25H. The summed E-state index contributed by atoms with van der Waals surface area (Å²) in [6, 6.07) is 52.8. The fourth-order valence-electron chi connectivity index (χ4n) is 4.61. The van der Waals surface area contributed by atoms with Gasteiger partial charge < -0.3 is 4.34 Å². The van der Waals surface area contributed by atoms with Gasteiger partial charge in [0.1, 0.15) is 0 Å². The number of benzene rings is 5. The molecule has 5 aromatic carbocycles. The number of nitrogens with zero attached hydrogens (tertiary/aromatic N) is 1. The summed E-state index contributed by atoms with van der Waals surface area (Å²) in [6.07, 6.45) is 2.45. The Bertz CT molecular complexity index is 1330. The molecule has 0 saturated heterocycles. The van der Waals surface area contributed by atoms with Gasteiger partial charge in [-0.05, 0) is 24.6 Å². The Hall–Kier alpha value is -3.50. The van der Waals surface area contributed by atoms with Crippen molar-refractivity contribution in [2.24, 2.45) is 0 Å². The molecular formula is C32H25NP2. The fraction of sp³-hybridized carbons (Fsp3) is 0. The van der Waals surface area contributed by atoms with E-state index in [1.807, 2.05) is 0 Å². The van der Waals surface area contributed by atoms with Crippen molar-refractivity contribution >= 4 is 53.4 Å². The van der Waals surface area contributed by atoms with Gasteiger partial charge in [-0.25, -0.2) is 0 Å². The van der Waals surface area contributed by atoms with E-state index in [0.29, 0.717) is 0 Å². The molecule has 1 aromatic heterocycles. The van der Waals surface area contributed by atoms with E-state index in [1.54, 1.807) is 0 Å². The molecule has 6 rings (SSSR count). The lowest BCUT2D eigenvalue weighted by molar-refractivity contribution is 1.33. The van der Waals surface area contributed by atoms with Crippen LogP contribution in [0.5, 0.6) is 0 Å². The summed E-state index contributed by atoms with van der Waals surface area (Å²) in [5.74, 6) is 0. The number of rotatable bonds is 6. The highest BCUT2D eigenvalue weighted by Gasteiger charge is 2.25. The highest BCUT2D eigenvalue weighted by Crippen LogP contribution is 2.43. The average molecular weight is 486 g/mol. The molecule has 0 atom stereocenters. The number of para-hydroxylation sites is 1. The van der Waals surface area contributed by atoms with E-state index in [9.17, 15) is 0 Å². The third-order valence-electron chi connectivity index (χ3n) is 6.16. The van der Waals surface area contributed by atoms with Gasteiger partial charge in [0.05, 0.1) is 13.6 Å². The highest BCUT2D eigenvalue weighted by atomic mass is 31.1. The molecular weight excluding hydrogens is 460 g/mol. The van der Waals surface area contributed by atoms with Crippen molar-refractivity contribution in [3.63, 3.8) is 0 Å². The third kappa shape index (κ3) is 4.35. The van der Waals surface area contributed by atoms with Crippen LogP contribution in [0.2, 0.25) is 0 Å². The molecule has 6 aromatic rings. The Morgan fingerprint density at radius 3 is 1.29 bits per heavy atom. The van der Waals surface area contributed by atoms with Gasteiger partial charge in [-0.15, -0.1) is 0 Å². The zero-order valence-corrected chi connectivity index (χ0v) is 21.1. The Labute approximate surface area is 209 Å². The number of hydrogen-bond acceptors (Lipinski definition) is 0. The number of hydrogen-bond donors (Lipinski definition) is 0. The minimum atomic E-state index is -0.760. The van der Waals surface area contributed by atoms with E-state index < -0.39 is 16.0 Å². The minimum Gasteiger partial charge on any atom is -0.317 e. The van der Waals surface area contributed by atoms with Gasteiger partial charge in [-0.2, -0.15) is 0 Å². The first-order chi connectivity index (χ1) is 17.4. The molecule has 3 heteroatoms. The Kier molecular flexibility index (Phi) is 6.29. The molecule has 1 heterocycles. The molecule has 0 saturated carbocycles. The lowest BCUT2D eigenvalue weighted by atomic mass is 10.2. The predicted molar refractivity (Wildman–Crippen MR) is 155 cm³/mol. The van der Waals surface area contributed by atoms with Crippen LogP contribution in [0.15, 0.2) is 152 Å². The van der Waals surface area contributed by atoms with Crippen molar-refractivity contribution in [1.29, 1.82) is 0 Å². The first-order valence-corrected chi connectivity index (χ1v) is 14.4. The Morgan fingerprint density at radius 1 is 0.400 bits per heavy atom. The molecule has 0 aliphatic carbocycles. The van der Waals surface area contributed by atoms with Gasteiger partial charge in [0.2, 0.25) is 0 Å². The summed E-state index contributed by atoms with van der Waals surface area (Å²) in [5, 5.41) is 8.20. The third-order valence-corrected chi connectivity index (χ3v) is 11.0. The molecule has 0 aliphatic heterocycles. The predicted octanol–water partition coefficient (Wildman–Crippen LogP) is 6.30. The topological polar surface area (TPSA) is 4.93 Å². The first kappa shape index (κ1) is 22.0. The first-order valence-electron chi connectivity index (χ1n) is 11.8. The lowest BCUT2D eigenvalue weighted by Crippen LogP contribution is -2.20. The monoisotopic (exact) mass is 485 g/mol. The molecule has 1 nitrogen and oxygen atoms in total. The molecule has 0 radical (unpaired) electrons. The average Bonchev–Trinajstić information content (AvgIpc) is 3.30. The van der Waals surface area contributed by atoms with Gasteiger partial charge in [-0.3, -0.25) is 0 Å². The minimum absolute atomic E-state index is 0.698. The zero-order chi connectivity index (χ0) is 23.5. The SMILES string of the molecule is c1ccc(P(c2ccccc2)c2cn(P(c3ccccc3)c3ccccc3)c3ccccc23)cc1. The quantitative estimate of drug-likeness (QED) is 0.244. The molecule has 35 heavy (non-hydrogen) atoms. The second-order valence-corrected chi connectivity index (χ2v) is 12.6. The molecule has 0 unspecified atom stereocenters.